The van der Waals surface area contributed by atoms with Gasteiger partial charge in [-0.2, -0.15) is 0 Å². The molecule has 2 aromatic rings. The van der Waals surface area contributed by atoms with Crippen LogP contribution in [0.1, 0.15) is 6.42 Å². The van der Waals surface area contributed by atoms with E-state index in [1.807, 2.05) is 0 Å². The van der Waals surface area contributed by atoms with Gasteiger partial charge in [-0.25, -0.2) is 0 Å². The van der Waals surface area contributed by atoms with Crippen molar-refractivity contribution in [1.82, 2.24) is 4.90 Å². The third-order valence-corrected chi connectivity index (χ3v) is 4.57. The van der Waals surface area contributed by atoms with Gasteiger partial charge in [-0.3, -0.25) is 14.5 Å². The predicted molar refractivity (Wildman–Crippen MR) is 114 cm³/mol. The Morgan fingerprint density at radius 3 is 2.25 bits per heavy atom. The highest BCUT2D eigenvalue weighted by atomic mass is 35.5. The number of hydrogen-bond donors (Lipinski definition) is 2. The summed E-state index contributed by atoms with van der Waals surface area (Å²) in [4.78, 5) is 26.1. The Bertz CT molecular complexity index is 862. The molecule has 9 heteroatoms. The van der Waals surface area contributed by atoms with Crippen LogP contribution < -0.4 is 15.4 Å². The predicted octanol–water partition coefficient (Wildman–Crippen LogP) is 4.55. The number of methoxy groups -OCH3 is 1. The van der Waals surface area contributed by atoms with Crippen molar-refractivity contribution >= 4 is 58.0 Å². The van der Waals surface area contributed by atoms with Crippen molar-refractivity contribution in [3.63, 3.8) is 0 Å². The largest absolute Gasteiger partial charge is 0.495 e. The van der Waals surface area contributed by atoms with Crippen molar-refractivity contribution in [2.75, 3.05) is 37.9 Å². The van der Waals surface area contributed by atoms with Crippen LogP contribution in [0.15, 0.2) is 36.4 Å². The topological polar surface area (TPSA) is 70.7 Å². The molecule has 0 aliphatic heterocycles. The van der Waals surface area contributed by atoms with Crippen molar-refractivity contribution in [3.8, 4) is 5.75 Å². The van der Waals surface area contributed by atoms with E-state index in [2.05, 4.69) is 10.6 Å². The van der Waals surface area contributed by atoms with Gasteiger partial charge in [0.2, 0.25) is 11.8 Å². The standard InChI is InChI=1S/C19H20Cl3N3O3/c1-25(8-7-18(26)23-15-9-12(20)3-5-14(15)22)11-19(27)24-16-10-13(21)4-6-17(16)28-2/h3-6,9-10H,7-8,11H2,1-2H3,(H,23,26)(H,24,27). The molecular weight excluding hydrogens is 425 g/mol. The van der Waals surface area contributed by atoms with E-state index < -0.39 is 0 Å². The minimum Gasteiger partial charge on any atom is -0.495 e. The number of amides is 2. The summed E-state index contributed by atoms with van der Waals surface area (Å²) in [6.07, 6.45) is 0.188. The zero-order valence-electron chi connectivity index (χ0n) is 15.4. The first-order valence-corrected chi connectivity index (χ1v) is 9.48. The number of rotatable bonds is 8. The lowest BCUT2D eigenvalue weighted by molar-refractivity contribution is -0.119. The molecular formula is C19H20Cl3N3O3. The maximum atomic E-state index is 12.2. The lowest BCUT2D eigenvalue weighted by Crippen LogP contribution is -2.32. The maximum absolute atomic E-state index is 12.2. The molecule has 0 saturated carbocycles. The Kier molecular flexibility index (Phi) is 8.38. The normalized spacial score (nSPS) is 10.6. The summed E-state index contributed by atoms with van der Waals surface area (Å²) in [5.74, 6) is 0.0347. The molecule has 0 saturated heterocycles. The molecule has 0 aliphatic rings. The van der Waals surface area contributed by atoms with Crippen molar-refractivity contribution in [3.05, 3.63) is 51.5 Å². The van der Waals surface area contributed by atoms with Crippen LogP contribution in [0.2, 0.25) is 15.1 Å². The number of halogens is 3. The average molecular weight is 445 g/mol. The van der Waals surface area contributed by atoms with Gasteiger partial charge in [-0.05, 0) is 43.4 Å². The molecule has 0 fully saturated rings. The number of hydrogen-bond acceptors (Lipinski definition) is 4. The molecule has 2 N–H and O–H groups in total. The van der Waals surface area contributed by atoms with Crippen LogP contribution in [0.25, 0.3) is 0 Å². The molecule has 0 spiro atoms. The molecule has 0 bridgehead atoms. The zero-order chi connectivity index (χ0) is 20.7. The lowest BCUT2D eigenvalue weighted by Gasteiger charge is -2.17. The average Bonchev–Trinajstić information content (AvgIpc) is 2.63. The third-order valence-electron chi connectivity index (χ3n) is 3.77. The molecule has 0 heterocycles. The Morgan fingerprint density at radius 1 is 0.964 bits per heavy atom. The molecule has 0 radical (unpaired) electrons. The summed E-state index contributed by atoms with van der Waals surface area (Å²) in [5, 5.41) is 6.83. The second-order valence-corrected chi connectivity index (χ2v) is 7.33. The van der Waals surface area contributed by atoms with Gasteiger partial charge in [-0.15, -0.1) is 0 Å². The fourth-order valence-corrected chi connectivity index (χ4v) is 2.90. The number of nitrogens with one attached hydrogen (secondary N) is 2. The molecule has 2 amide bonds. The van der Waals surface area contributed by atoms with E-state index in [0.717, 1.165) is 0 Å². The fourth-order valence-electron chi connectivity index (χ4n) is 2.39. The molecule has 0 unspecified atom stereocenters. The van der Waals surface area contributed by atoms with Crippen LogP contribution in [0, 0.1) is 0 Å². The highest BCUT2D eigenvalue weighted by Crippen LogP contribution is 2.27. The highest BCUT2D eigenvalue weighted by Gasteiger charge is 2.13. The number of nitrogens with zero attached hydrogens (tertiary/aromatic N) is 1. The van der Waals surface area contributed by atoms with Crippen LogP contribution in [0.5, 0.6) is 5.75 Å². The summed E-state index contributed by atoms with van der Waals surface area (Å²) in [6.45, 7) is 0.477. The number of likely N-dealkylation sites (N-methyl/N-ethyl adjacent to an activating group) is 1. The van der Waals surface area contributed by atoms with E-state index in [1.165, 1.54) is 7.11 Å². The van der Waals surface area contributed by atoms with E-state index in [9.17, 15) is 9.59 Å². The van der Waals surface area contributed by atoms with E-state index >= 15 is 0 Å². The van der Waals surface area contributed by atoms with E-state index in [1.54, 1.807) is 48.3 Å². The van der Waals surface area contributed by atoms with Crippen LogP contribution in [-0.4, -0.2) is 44.0 Å². The molecule has 0 aliphatic carbocycles. The van der Waals surface area contributed by atoms with Crippen molar-refractivity contribution in [2.24, 2.45) is 0 Å². The van der Waals surface area contributed by atoms with E-state index in [-0.39, 0.29) is 24.8 Å². The lowest BCUT2D eigenvalue weighted by atomic mass is 10.3. The monoisotopic (exact) mass is 443 g/mol. The van der Waals surface area contributed by atoms with Crippen molar-refractivity contribution < 1.29 is 14.3 Å². The minimum absolute atomic E-state index is 0.0981. The van der Waals surface area contributed by atoms with Crippen LogP contribution in [0.3, 0.4) is 0 Å². The molecule has 28 heavy (non-hydrogen) atoms. The number of ether oxygens (including phenoxy) is 1. The van der Waals surface area contributed by atoms with Gasteiger partial charge in [0.15, 0.2) is 0 Å². The first-order valence-electron chi connectivity index (χ1n) is 8.35. The first-order chi connectivity index (χ1) is 13.3. The number of anilines is 2. The Balaban J connectivity index is 1.82. The maximum Gasteiger partial charge on any atom is 0.238 e. The van der Waals surface area contributed by atoms with Gasteiger partial charge in [0.1, 0.15) is 5.75 Å². The Hall–Kier alpha value is -1.99. The molecule has 0 atom stereocenters. The highest BCUT2D eigenvalue weighted by molar-refractivity contribution is 6.35. The first kappa shape index (κ1) is 22.3. The number of benzene rings is 2. The van der Waals surface area contributed by atoms with Gasteiger partial charge < -0.3 is 15.4 Å². The zero-order valence-corrected chi connectivity index (χ0v) is 17.7. The van der Waals surface area contributed by atoms with Gasteiger partial charge in [0.25, 0.3) is 0 Å². The summed E-state index contributed by atoms with van der Waals surface area (Å²) < 4.78 is 5.20. The quantitative estimate of drug-likeness (QED) is 0.626. The molecule has 150 valence electrons. The van der Waals surface area contributed by atoms with Crippen molar-refractivity contribution in [2.45, 2.75) is 6.42 Å². The summed E-state index contributed by atoms with van der Waals surface area (Å²) in [5.41, 5.74) is 0.939. The third kappa shape index (κ3) is 6.87. The van der Waals surface area contributed by atoms with Crippen molar-refractivity contribution in [1.29, 1.82) is 0 Å². The Morgan fingerprint density at radius 2 is 1.57 bits per heavy atom. The van der Waals surface area contributed by atoms with E-state index in [4.69, 9.17) is 39.5 Å². The van der Waals surface area contributed by atoms with Gasteiger partial charge in [0, 0.05) is 23.0 Å². The molecule has 2 rings (SSSR count). The van der Waals surface area contributed by atoms with E-state index in [0.29, 0.717) is 38.7 Å². The van der Waals surface area contributed by atoms with Gasteiger partial charge >= 0.3 is 0 Å². The second-order valence-electron chi connectivity index (χ2n) is 6.05. The summed E-state index contributed by atoms with van der Waals surface area (Å²) in [7, 11) is 3.25. The fraction of sp³-hybridized carbons (Fsp3) is 0.263. The smallest absolute Gasteiger partial charge is 0.238 e. The Labute approximate surface area is 178 Å². The summed E-state index contributed by atoms with van der Waals surface area (Å²) in [6, 6.07) is 9.79. The molecule has 2 aromatic carbocycles. The summed E-state index contributed by atoms with van der Waals surface area (Å²) >= 11 is 17.9. The van der Waals surface area contributed by atoms with Crippen LogP contribution in [-0.2, 0) is 9.59 Å². The van der Waals surface area contributed by atoms with Gasteiger partial charge in [0.05, 0.1) is 30.1 Å². The van der Waals surface area contributed by atoms with Crippen LogP contribution >= 0.6 is 34.8 Å². The van der Waals surface area contributed by atoms with Gasteiger partial charge in [-0.1, -0.05) is 34.8 Å². The second kappa shape index (κ2) is 10.5. The number of carbonyl (C=O) groups excluding carboxylic acids is 2. The SMILES string of the molecule is COc1ccc(Cl)cc1NC(=O)CN(C)CCC(=O)Nc1cc(Cl)ccc1Cl. The minimum atomic E-state index is -0.249. The molecule has 0 aromatic heterocycles. The van der Waals surface area contributed by atoms with Crippen LogP contribution in [0.4, 0.5) is 11.4 Å². The number of carbonyl (C=O) groups is 2. The molecule has 6 nitrogen and oxygen atoms in total.